The van der Waals surface area contributed by atoms with Gasteiger partial charge in [-0.1, -0.05) is 91.0 Å². The molecule has 0 bridgehead atoms. The van der Waals surface area contributed by atoms with Crippen LogP contribution in [-0.4, -0.2) is 29.5 Å². The van der Waals surface area contributed by atoms with Crippen LogP contribution in [0.3, 0.4) is 0 Å². The number of benzene rings is 3. The summed E-state index contributed by atoms with van der Waals surface area (Å²) in [5.41, 5.74) is 2.15. The van der Waals surface area contributed by atoms with Crippen LogP contribution < -0.4 is 0 Å². The van der Waals surface area contributed by atoms with Crippen LogP contribution in [0.1, 0.15) is 23.1 Å². The average molecular weight is 348 g/mol. The minimum Gasteiger partial charge on any atom is -0.396 e. The van der Waals surface area contributed by atoms with E-state index in [0.29, 0.717) is 0 Å². The van der Waals surface area contributed by atoms with Crippen molar-refractivity contribution in [1.29, 1.82) is 0 Å². The molecule has 0 amide bonds. The maximum atomic E-state index is 10.2. The number of aliphatic hydroxyl groups excluding tert-OH is 2. The second-order valence-electron chi connectivity index (χ2n) is 6.26. The van der Waals surface area contributed by atoms with Crippen LogP contribution in [0.25, 0.3) is 0 Å². The lowest BCUT2D eigenvalue weighted by Gasteiger charge is -2.36. The van der Waals surface area contributed by atoms with Gasteiger partial charge >= 0.3 is 0 Å². The van der Waals surface area contributed by atoms with Crippen LogP contribution in [-0.2, 0) is 10.3 Å². The van der Waals surface area contributed by atoms with Gasteiger partial charge in [0.2, 0.25) is 0 Å². The molecule has 0 saturated carbocycles. The smallest absolute Gasteiger partial charge is 0.143 e. The van der Waals surface area contributed by atoms with Crippen molar-refractivity contribution in [2.24, 2.45) is 0 Å². The highest BCUT2D eigenvalue weighted by Gasteiger charge is 2.37. The molecule has 3 aromatic carbocycles. The van der Waals surface area contributed by atoms with Crippen molar-refractivity contribution in [1.82, 2.24) is 0 Å². The fourth-order valence-electron chi connectivity index (χ4n) is 3.22. The van der Waals surface area contributed by atoms with E-state index in [-0.39, 0.29) is 19.6 Å². The summed E-state index contributed by atoms with van der Waals surface area (Å²) in [6.45, 7) is 0.0543. The van der Waals surface area contributed by atoms with E-state index < -0.39 is 11.7 Å². The summed E-state index contributed by atoms with van der Waals surface area (Å²) in [4.78, 5) is 0. The SMILES string of the molecule is OCCC(O)COC(c1ccccc1)(c1ccccc1)c1ccccc1. The van der Waals surface area contributed by atoms with Gasteiger partial charge in [0.1, 0.15) is 5.60 Å². The van der Waals surface area contributed by atoms with Gasteiger partial charge < -0.3 is 14.9 Å². The maximum Gasteiger partial charge on any atom is 0.143 e. The Kier molecular flexibility index (Phi) is 6.18. The monoisotopic (exact) mass is 348 g/mol. The molecule has 0 heterocycles. The van der Waals surface area contributed by atoms with Crippen molar-refractivity contribution in [3.8, 4) is 0 Å². The number of aliphatic hydroxyl groups is 2. The van der Waals surface area contributed by atoms with Gasteiger partial charge in [-0.3, -0.25) is 0 Å². The molecule has 0 fully saturated rings. The molecule has 2 N–H and O–H groups in total. The topological polar surface area (TPSA) is 49.7 Å². The van der Waals surface area contributed by atoms with Crippen molar-refractivity contribution >= 4 is 0 Å². The summed E-state index contributed by atoms with van der Waals surface area (Å²) in [5, 5.41) is 19.3. The summed E-state index contributed by atoms with van der Waals surface area (Å²) >= 11 is 0. The lowest BCUT2D eigenvalue weighted by molar-refractivity contribution is -0.0434. The molecule has 134 valence electrons. The summed E-state index contributed by atoms with van der Waals surface area (Å²) in [6.07, 6.45) is -0.440. The zero-order valence-corrected chi connectivity index (χ0v) is 14.7. The predicted molar refractivity (Wildman–Crippen MR) is 103 cm³/mol. The molecule has 3 rings (SSSR count). The van der Waals surface area contributed by atoms with Crippen molar-refractivity contribution in [3.63, 3.8) is 0 Å². The molecular weight excluding hydrogens is 324 g/mol. The fraction of sp³-hybridized carbons (Fsp3) is 0.217. The molecule has 3 aromatic rings. The van der Waals surface area contributed by atoms with Crippen molar-refractivity contribution in [3.05, 3.63) is 108 Å². The third-order valence-corrected chi connectivity index (χ3v) is 4.50. The van der Waals surface area contributed by atoms with Gasteiger partial charge in [0.15, 0.2) is 0 Å². The van der Waals surface area contributed by atoms with Gasteiger partial charge in [-0.05, 0) is 23.1 Å². The van der Waals surface area contributed by atoms with Crippen LogP contribution in [0.2, 0.25) is 0 Å². The molecule has 0 spiro atoms. The molecule has 0 saturated heterocycles. The normalized spacial score (nSPS) is 12.7. The first kappa shape index (κ1) is 18.3. The van der Waals surface area contributed by atoms with E-state index >= 15 is 0 Å². The summed E-state index contributed by atoms with van der Waals surface area (Å²) in [7, 11) is 0. The highest BCUT2D eigenvalue weighted by molar-refractivity contribution is 5.47. The first-order chi connectivity index (χ1) is 12.8. The third kappa shape index (κ3) is 3.86. The third-order valence-electron chi connectivity index (χ3n) is 4.50. The Morgan fingerprint density at radius 3 is 1.42 bits per heavy atom. The van der Waals surface area contributed by atoms with E-state index in [1.54, 1.807) is 0 Å². The maximum absolute atomic E-state index is 10.2. The Balaban J connectivity index is 2.15. The standard InChI is InChI=1S/C23H24O3/c24-17-16-22(25)18-26-23(19-10-4-1-5-11-19,20-12-6-2-7-13-20)21-14-8-3-9-15-21/h1-15,22,24-25H,16-18H2. The van der Waals surface area contributed by atoms with Gasteiger partial charge in [0.25, 0.3) is 0 Å². The number of hydrogen-bond donors (Lipinski definition) is 2. The summed E-state index contributed by atoms with van der Waals surface area (Å²) in [6, 6.07) is 30.1. The van der Waals surface area contributed by atoms with Gasteiger partial charge in [-0.25, -0.2) is 0 Å². The Labute approximate surface area is 154 Å². The molecule has 3 heteroatoms. The van der Waals surface area contributed by atoms with Crippen LogP contribution in [0.5, 0.6) is 0 Å². The van der Waals surface area contributed by atoms with Crippen molar-refractivity contribution in [2.45, 2.75) is 18.1 Å². The predicted octanol–water partition coefficient (Wildman–Crippen LogP) is 3.74. The van der Waals surface area contributed by atoms with E-state index in [1.807, 2.05) is 91.0 Å². The van der Waals surface area contributed by atoms with E-state index in [9.17, 15) is 5.11 Å². The fourth-order valence-corrected chi connectivity index (χ4v) is 3.22. The molecule has 0 aromatic heterocycles. The Morgan fingerprint density at radius 2 is 1.08 bits per heavy atom. The minimum atomic E-state index is -0.833. The van der Waals surface area contributed by atoms with E-state index in [4.69, 9.17) is 9.84 Å². The molecule has 26 heavy (non-hydrogen) atoms. The Morgan fingerprint density at radius 1 is 0.692 bits per heavy atom. The van der Waals surface area contributed by atoms with E-state index in [1.165, 1.54) is 0 Å². The Hall–Kier alpha value is -2.46. The largest absolute Gasteiger partial charge is 0.396 e. The van der Waals surface area contributed by atoms with Crippen LogP contribution in [0.4, 0.5) is 0 Å². The van der Waals surface area contributed by atoms with Crippen LogP contribution in [0.15, 0.2) is 91.0 Å². The molecule has 0 radical (unpaired) electrons. The van der Waals surface area contributed by atoms with Gasteiger partial charge in [-0.2, -0.15) is 0 Å². The zero-order chi connectivity index (χ0) is 18.2. The van der Waals surface area contributed by atoms with Gasteiger partial charge in [0.05, 0.1) is 12.7 Å². The quantitative estimate of drug-likeness (QED) is 0.610. The lowest BCUT2D eigenvalue weighted by atomic mass is 9.80. The molecule has 0 aliphatic heterocycles. The van der Waals surface area contributed by atoms with E-state index in [2.05, 4.69) is 0 Å². The summed E-state index contributed by atoms with van der Waals surface area (Å²) < 4.78 is 6.44. The second kappa shape index (κ2) is 8.77. The number of hydrogen-bond acceptors (Lipinski definition) is 3. The van der Waals surface area contributed by atoms with Crippen molar-refractivity contribution < 1.29 is 14.9 Å². The molecule has 1 atom stereocenters. The first-order valence-electron chi connectivity index (χ1n) is 8.87. The van der Waals surface area contributed by atoms with Crippen LogP contribution >= 0.6 is 0 Å². The molecule has 0 aliphatic carbocycles. The number of ether oxygens (including phenoxy) is 1. The highest BCUT2D eigenvalue weighted by Crippen LogP contribution is 2.40. The number of rotatable bonds is 8. The zero-order valence-electron chi connectivity index (χ0n) is 14.7. The second-order valence-corrected chi connectivity index (χ2v) is 6.26. The van der Waals surface area contributed by atoms with Gasteiger partial charge in [0, 0.05) is 6.61 Å². The van der Waals surface area contributed by atoms with Gasteiger partial charge in [-0.15, -0.1) is 0 Å². The molecular formula is C23H24O3. The molecule has 0 aliphatic rings. The Bertz CT molecular complexity index is 676. The lowest BCUT2D eigenvalue weighted by Crippen LogP contribution is -2.36. The highest BCUT2D eigenvalue weighted by atomic mass is 16.5. The average Bonchev–Trinajstić information content (AvgIpc) is 2.71. The van der Waals surface area contributed by atoms with E-state index in [0.717, 1.165) is 16.7 Å². The van der Waals surface area contributed by atoms with Crippen molar-refractivity contribution in [2.75, 3.05) is 13.2 Å². The molecule has 1 unspecified atom stereocenters. The first-order valence-corrected chi connectivity index (χ1v) is 8.87. The minimum absolute atomic E-state index is 0.0699. The molecule has 3 nitrogen and oxygen atoms in total. The van der Waals surface area contributed by atoms with Crippen LogP contribution in [0, 0.1) is 0 Å². The summed E-state index contributed by atoms with van der Waals surface area (Å²) in [5.74, 6) is 0.